The van der Waals surface area contributed by atoms with Crippen molar-refractivity contribution in [1.82, 2.24) is 9.80 Å². The highest BCUT2D eigenvalue weighted by Gasteiger charge is 2.52. The molecule has 0 spiro atoms. The molecule has 3 atom stereocenters. The number of carbonyl (C=O) groups is 2. The normalized spacial score (nSPS) is 31.8. The molecule has 3 unspecified atom stereocenters. The van der Waals surface area contributed by atoms with Gasteiger partial charge in [-0.05, 0) is 20.3 Å². The number of amides is 3. The van der Waals surface area contributed by atoms with Crippen LogP contribution in [0.4, 0.5) is 4.79 Å². The Kier molecular flexibility index (Phi) is 3.67. The number of hydrogen-bond donors (Lipinski definition) is 1. The third kappa shape index (κ3) is 3.04. The van der Waals surface area contributed by atoms with Crippen LogP contribution in [-0.2, 0) is 14.3 Å². The molecule has 3 aliphatic heterocycles. The lowest BCUT2D eigenvalue weighted by molar-refractivity contribution is -0.132. The first-order chi connectivity index (χ1) is 9.89. The molecule has 118 valence electrons. The van der Waals surface area contributed by atoms with Gasteiger partial charge in [0.25, 0.3) is 5.91 Å². The van der Waals surface area contributed by atoms with E-state index < -0.39 is 11.6 Å². The van der Waals surface area contributed by atoms with E-state index in [0.717, 1.165) is 0 Å². The summed E-state index contributed by atoms with van der Waals surface area (Å²) in [7, 11) is 0. The minimum atomic E-state index is -0.840. The Labute approximate surface area is 123 Å². The number of rotatable bonds is 7. The van der Waals surface area contributed by atoms with Crippen LogP contribution in [0.3, 0.4) is 0 Å². The molecule has 21 heavy (non-hydrogen) atoms. The highest BCUT2D eigenvalue weighted by molar-refractivity contribution is 6.06. The third-order valence-corrected chi connectivity index (χ3v) is 4.32. The Morgan fingerprint density at radius 3 is 2.48 bits per heavy atom. The Morgan fingerprint density at radius 2 is 1.90 bits per heavy atom. The minimum Gasteiger partial charge on any atom is -0.393 e. The van der Waals surface area contributed by atoms with E-state index in [9.17, 15) is 14.7 Å². The van der Waals surface area contributed by atoms with Crippen molar-refractivity contribution < 1.29 is 24.2 Å². The number of imide groups is 1. The van der Waals surface area contributed by atoms with E-state index in [1.807, 2.05) is 0 Å². The van der Waals surface area contributed by atoms with Crippen LogP contribution in [0.5, 0.6) is 0 Å². The van der Waals surface area contributed by atoms with E-state index in [2.05, 4.69) is 0 Å². The maximum absolute atomic E-state index is 12.4. The monoisotopic (exact) mass is 298 g/mol. The first kappa shape index (κ1) is 14.7. The van der Waals surface area contributed by atoms with Gasteiger partial charge in [0, 0.05) is 13.0 Å². The quantitative estimate of drug-likeness (QED) is 0.527. The Balaban J connectivity index is 1.58. The molecule has 7 heteroatoms. The predicted octanol–water partition coefficient (Wildman–Crippen LogP) is -0.0321. The fourth-order valence-corrected chi connectivity index (χ4v) is 2.70. The summed E-state index contributed by atoms with van der Waals surface area (Å²) in [6, 6.07) is -0.282. The molecule has 0 aromatic carbocycles. The summed E-state index contributed by atoms with van der Waals surface area (Å²) in [4.78, 5) is 27.6. The molecule has 3 heterocycles. The number of ether oxygens (including phenoxy) is 2. The lowest BCUT2D eigenvalue weighted by Gasteiger charge is -2.26. The van der Waals surface area contributed by atoms with Gasteiger partial charge in [-0.25, -0.2) is 4.79 Å². The van der Waals surface area contributed by atoms with Gasteiger partial charge in [0.05, 0.1) is 38.1 Å². The molecule has 0 radical (unpaired) electrons. The van der Waals surface area contributed by atoms with Crippen molar-refractivity contribution in [1.29, 1.82) is 0 Å². The zero-order valence-corrected chi connectivity index (χ0v) is 12.4. The molecule has 7 nitrogen and oxygen atoms in total. The van der Waals surface area contributed by atoms with Crippen LogP contribution in [0.15, 0.2) is 0 Å². The van der Waals surface area contributed by atoms with E-state index in [-0.39, 0.29) is 30.7 Å². The Hall–Kier alpha value is -1.18. The van der Waals surface area contributed by atoms with Gasteiger partial charge in [0.15, 0.2) is 0 Å². The van der Waals surface area contributed by atoms with Crippen molar-refractivity contribution in [2.45, 2.75) is 50.5 Å². The lowest BCUT2D eigenvalue weighted by atomic mass is 10.0. The van der Waals surface area contributed by atoms with Gasteiger partial charge in [0.1, 0.15) is 5.54 Å². The number of nitrogens with zero attached hydrogens (tertiary/aromatic N) is 2. The minimum absolute atomic E-state index is 0.0542. The van der Waals surface area contributed by atoms with Gasteiger partial charge in [-0.2, -0.15) is 0 Å². The number of epoxide rings is 2. The molecule has 3 aliphatic rings. The van der Waals surface area contributed by atoms with Gasteiger partial charge in [-0.1, -0.05) is 0 Å². The molecule has 0 aromatic heterocycles. The molecule has 3 rings (SSSR count). The summed E-state index contributed by atoms with van der Waals surface area (Å²) in [6.07, 6.45) is 0.617. The summed E-state index contributed by atoms with van der Waals surface area (Å²) in [5.74, 6) is -0.206. The van der Waals surface area contributed by atoms with Gasteiger partial charge >= 0.3 is 6.03 Å². The average molecular weight is 298 g/mol. The van der Waals surface area contributed by atoms with Crippen LogP contribution >= 0.6 is 0 Å². The van der Waals surface area contributed by atoms with Crippen molar-refractivity contribution in [2.24, 2.45) is 0 Å². The molecule has 3 saturated heterocycles. The second-order valence-electron chi connectivity index (χ2n) is 6.50. The van der Waals surface area contributed by atoms with E-state index >= 15 is 0 Å². The summed E-state index contributed by atoms with van der Waals surface area (Å²) in [6.45, 7) is 5.55. The first-order valence-electron chi connectivity index (χ1n) is 7.44. The van der Waals surface area contributed by atoms with Gasteiger partial charge in [-0.15, -0.1) is 0 Å². The predicted molar refractivity (Wildman–Crippen MR) is 72.6 cm³/mol. The second-order valence-corrected chi connectivity index (χ2v) is 6.50. The number of carbonyl (C=O) groups excluding carboxylic acids is 2. The van der Waals surface area contributed by atoms with Crippen LogP contribution in [0, 0.1) is 0 Å². The van der Waals surface area contributed by atoms with Gasteiger partial charge in [-0.3, -0.25) is 9.69 Å². The largest absolute Gasteiger partial charge is 0.393 e. The van der Waals surface area contributed by atoms with Crippen molar-refractivity contribution in [3.8, 4) is 0 Å². The highest BCUT2D eigenvalue weighted by atomic mass is 16.6. The number of hydrogen-bond acceptors (Lipinski definition) is 5. The smallest absolute Gasteiger partial charge is 0.327 e. The van der Waals surface area contributed by atoms with Crippen molar-refractivity contribution in [3.05, 3.63) is 0 Å². The number of aliphatic hydroxyl groups is 1. The van der Waals surface area contributed by atoms with E-state index in [1.165, 1.54) is 4.90 Å². The fourth-order valence-electron chi connectivity index (χ4n) is 2.70. The van der Waals surface area contributed by atoms with Crippen LogP contribution in [-0.4, -0.2) is 77.0 Å². The second kappa shape index (κ2) is 5.23. The summed E-state index contributed by atoms with van der Waals surface area (Å²) in [5, 5.41) is 9.88. The first-order valence-corrected chi connectivity index (χ1v) is 7.44. The molecule has 0 bridgehead atoms. The van der Waals surface area contributed by atoms with Crippen molar-refractivity contribution >= 4 is 11.9 Å². The molecule has 1 N–H and O–H groups in total. The number of urea groups is 1. The molecule has 3 fully saturated rings. The molecule has 3 amide bonds. The van der Waals surface area contributed by atoms with Crippen LogP contribution in [0.25, 0.3) is 0 Å². The third-order valence-electron chi connectivity index (χ3n) is 4.32. The molecule has 0 aromatic rings. The summed E-state index contributed by atoms with van der Waals surface area (Å²) < 4.78 is 10.2. The Bertz CT molecular complexity index is 445. The Morgan fingerprint density at radius 1 is 1.29 bits per heavy atom. The number of aliphatic hydroxyl groups excluding tert-OH is 1. The van der Waals surface area contributed by atoms with Crippen molar-refractivity contribution in [2.75, 3.05) is 26.3 Å². The fraction of sp³-hybridized carbons (Fsp3) is 0.857. The topological polar surface area (TPSA) is 85.9 Å². The zero-order chi connectivity index (χ0) is 15.2. The molecule has 0 aliphatic carbocycles. The lowest BCUT2D eigenvalue weighted by Crippen LogP contribution is -2.45. The SMILES string of the molecule is CC1(C)C(=O)N(CCC(O)CC2CO2)C(=O)N1CC1CO1. The average Bonchev–Trinajstić information content (AvgIpc) is 3.29. The van der Waals surface area contributed by atoms with E-state index in [4.69, 9.17) is 9.47 Å². The van der Waals surface area contributed by atoms with Crippen LogP contribution in [0.2, 0.25) is 0 Å². The van der Waals surface area contributed by atoms with E-state index in [0.29, 0.717) is 32.6 Å². The van der Waals surface area contributed by atoms with Crippen molar-refractivity contribution in [3.63, 3.8) is 0 Å². The summed E-state index contributed by atoms with van der Waals surface area (Å²) >= 11 is 0. The standard InChI is InChI=1S/C14H22N2O5/c1-14(2)12(18)15(4-3-9(17)5-10-7-20-10)13(19)16(14)6-11-8-21-11/h9-11,17H,3-8H2,1-2H3. The zero-order valence-electron chi connectivity index (χ0n) is 12.4. The van der Waals surface area contributed by atoms with Crippen LogP contribution < -0.4 is 0 Å². The maximum Gasteiger partial charge on any atom is 0.327 e. The molecular formula is C14H22N2O5. The van der Waals surface area contributed by atoms with Crippen LogP contribution in [0.1, 0.15) is 26.7 Å². The highest BCUT2D eigenvalue weighted by Crippen LogP contribution is 2.30. The summed E-state index contributed by atoms with van der Waals surface area (Å²) in [5.41, 5.74) is -0.840. The van der Waals surface area contributed by atoms with E-state index in [1.54, 1.807) is 18.7 Å². The maximum atomic E-state index is 12.4. The van der Waals surface area contributed by atoms with Gasteiger partial charge in [0.2, 0.25) is 0 Å². The molecular weight excluding hydrogens is 276 g/mol. The molecule has 0 saturated carbocycles. The van der Waals surface area contributed by atoms with Gasteiger partial charge < -0.3 is 19.5 Å².